The largest absolute Gasteiger partial charge is 0.439 e. The second-order valence-electron chi connectivity index (χ2n) is 3.37. The van der Waals surface area contributed by atoms with E-state index in [1.807, 2.05) is 26.0 Å². The fraction of sp³-hybridized carbons (Fsp3) is 0.200. The number of rotatable bonds is 1. The Morgan fingerprint density at radius 1 is 1.33 bits per heavy atom. The van der Waals surface area contributed by atoms with Crippen molar-refractivity contribution in [1.82, 2.24) is 10.1 Å². The molecule has 0 saturated heterocycles. The first-order chi connectivity index (χ1) is 7.08. The fourth-order valence-corrected chi connectivity index (χ4v) is 1.75. The zero-order chi connectivity index (χ0) is 11.0. The van der Waals surface area contributed by atoms with Crippen LogP contribution in [0.2, 0.25) is 0 Å². The molecule has 1 aromatic carbocycles. The predicted octanol–water partition coefficient (Wildman–Crippen LogP) is 2.25. The zero-order valence-electron chi connectivity index (χ0n) is 8.30. The van der Waals surface area contributed by atoms with Crippen LogP contribution in [0.5, 0.6) is 0 Å². The zero-order valence-corrected chi connectivity index (χ0v) is 10.5. The molecule has 0 radical (unpaired) electrons. The van der Waals surface area contributed by atoms with Crippen LogP contribution < -0.4 is 5.76 Å². The first-order valence-electron chi connectivity index (χ1n) is 4.41. The smallest absolute Gasteiger partial charge is 0.296 e. The second kappa shape index (κ2) is 3.80. The van der Waals surface area contributed by atoms with Crippen LogP contribution >= 0.6 is 22.6 Å². The maximum Gasteiger partial charge on any atom is 0.439 e. The molecule has 0 aliphatic carbocycles. The van der Waals surface area contributed by atoms with Crippen molar-refractivity contribution in [2.75, 3.05) is 0 Å². The molecule has 1 N–H and O–H groups in total. The average Bonchev–Trinajstić information content (AvgIpc) is 2.60. The topological polar surface area (TPSA) is 58.9 Å². The van der Waals surface area contributed by atoms with E-state index in [2.05, 4.69) is 37.3 Å². The highest BCUT2D eigenvalue weighted by molar-refractivity contribution is 14.1. The number of hydrogen-bond donors (Lipinski definition) is 1. The molecule has 0 fully saturated rings. The van der Waals surface area contributed by atoms with Gasteiger partial charge in [0.05, 0.1) is 0 Å². The standard InChI is InChI=1S/C10H9IN2O2/c1-5-3-7(4-6(2)8(5)11)9-12-10(14)15-13-9/h3-4H,1-2H3,(H,12,13,14). The monoisotopic (exact) mass is 316 g/mol. The Hall–Kier alpha value is -1.11. The molecule has 5 heteroatoms. The van der Waals surface area contributed by atoms with Gasteiger partial charge in [-0.3, -0.25) is 9.51 Å². The summed E-state index contributed by atoms with van der Waals surface area (Å²) in [6, 6.07) is 3.95. The molecule has 0 saturated carbocycles. The molecular formula is C10H9IN2O2. The molecule has 15 heavy (non-hydrogen) atoms. The predicted molar refractivity (Wildman–Crippen MR) is 64.8 cm³/mol. The van der Waals surface area contributed by atoms with Crippen molar-refractivity contribution in [2.24, 2.45) is 0 Å². The number of aromatic amines is 1. The Morgan fingerprint density at radius 3 is 2.40 bits per heavy atom. The van der Waals surface area contributed by atoms with Crippen LogP contribution in [-0.2, 0) is 0 Å². The summed E-state index contributed by atoms with van der Waals surface area (Å²) in [6.45, 7) is 4.05. The van der Waals surface area contributed by atoms with Crippen LogP contribution in [0.3, 0.4) is 0 Å². The van der Waals surface area contributed by atoms with E-state index in [0.29, 0.717) is 5.82 Å². The summed E-state index contributed by atoms with van der Waals surface area (Å²) in [5, 5.41) is 3.65. The second-order valence-corrected chi connectivity index (χ2v) is 4.45. The van der Waals surface area contributed by atoms with Gasteiger partial charge in [-0.25, -0.2) is 4.79 Å². The molecule has 78 valence electrons. The summed E-state index contributed by atoms with van der Waals surface area (Å²) in [4.78, 5) is 13.3. The number of benzene rings is 1. The van der Waals surface area contributed by atoms with E-state index in [4.69, 9.17) is 0 Å². The van der Waals surface area contributed by atoms with Crippen molar-refractivity contribution < 1.29 is 4.52 Å². The van der Waals surface area contributed by atoms with Gasteiger partial charge in [-0.1, -0.05) is 5.16 Å². The molecule has 0 bridgehead atoms. The summed E-state index contributed by atoms with van der Waals surface area (Å²) >= 11 is 2.29. The third kappa shape index (κ3) is 1.97. The first-order valence-corrected chi connectivity index (χ1v) is 5.49. The molecule has 0 spiro atoms. The molecule has 0 unspecified atom stereocenters. The molecule has 1 heterocycles. The van der Waals surface area contributed by atoms with E-state index in [-0.39, 0.29) is 0 Å². The SMILES string of the molecule is Cc1cc(-c2noc(=O)[nH]2)cc(C)c1I. The van der Waals surface area contributed by atoms with Gasteiger partial charge < -0.3 is 0 Å². The quantitative estimate of drug-likeness (QED) is 0.821. The summed E-state index contributed by atoms with van der Waals surface area (Å²) < 4.78 is 5.69. The third-order valence-electron chi connectivity index (χ3n) is 2.15. The van der Waals surface area contributed by atoms with Gasteiger partial charge in [-0.15, -0.1) is 0 Å². The first kappa shape index (κ1) is 10.4. The van der Waals surface area contributed by atoms with Gasteiger partial charge in [0.2, 0.25) is 0 Å². The number of nitrogens with zero attached hydrogens (tertiary/aromatic N) is 1. The molecule has 0 atom stereocenters. The Morgan fingerprint density at radius 2 is 1.93 bits per heavy atom. The minimum absolute atomic E-state index is 0.475. The van der Waals surface area contributed by atoms with Crippen LogP contribution in [0.25, 0.3) is 11.4 Å². The number of halogens is 1. The van der Waals surface area contributed by atoms with E-state index in [0.717, 1.165) is 16.7 Å². The fourth-order valence-electron chi connectivity index (χ4n) is 1.44. The lowest BCUT2D eigenvalue weighted by Gasteiger charge is -2.04. The van der Waals surface area contributed by atoms with Crippen LogP contribution in [0.15, 0.2) is 21.5 Å². The molecule has 2 aromatic rings. The Balaban J connectivity index is 2.59. The van der Waals surface area contributed by atoms with Crippen LogP contribution in [-0.4, -0.2) is 10.1 Å². The summed E-state index contributed by atoms with van der Waals surface area (Å²) in [6.07, 6.45) is 0. The molecule has 4 nitrogen and oxygen atoms in total. The maximum absolute atomic E-state index is 10.8. The van der Waals surface area contributed by atoms with Crippen molar-refractivity contribution in [3.8, 4) is 11.4 Å². The highest BCUT2D eigenvalue weighted by Crippen LogP contribution is 2.23. The van der Waals surface area contributed by atoms with Crippen molar-refractivity contribution in [3.63, 3.8) is 0 Å². The molecule has 0 aliphatic heterocycles. The molecule has 0 aliphatic rings. The van der Waals surface area contributed by atoms with Gasteiger partial charge in [0.15, 0.2) is 5.82 Å². The third-order valence-corrected chi connectivity index (χ3v) is 3.85. The Kier molecular flexibility index (Phi) is 2.64. The van der Waals surface area contributed by atoms with Gasteiger partial charge in [-0.2, -0.15) is 0 Å². The van der Waals surface area contributed by atoms with E-state index in [1.54, 1.807) is 0 Å². The van der Waals surface area contributed by atoms with Gasteiger partial charge in [0, 0.05) is 9.13 Å². The minimum Gasteiger partial charge on any atom is -0.296 e. The van der Waals surface area contributed by atoms with E-state index in [1.165, 1.54) is 3.57 Å². The van der Waals surface area contributed by atoms with Crippen molar-refractivity contribution in [1.29, 1.82) is 0 Å². The molecule has 0 amide bonds. The van der Waals surface area contributed by atoms with Gasteiger partial charge in [-0.05, 0) is 59.7 Å². The summed E-state index contributed by atoms with van der Waals surface area (Å²) in [5.41, 5.74) is 3.19. The van der Waals surface area contributed by atoms with Crippen molar-refractivity contribution in [2.45, 2.75) is 13.8 Å². The molecular weight excluding hydrogens is 307 g/mol. The van der Waals surface area contributed by atoms with Crippen LogP contribution in [0.1, 0.15) is 11.1 Å². The normalized spacial score (nSPS) is 10.6. The number of aromatic nitrogens is 2. The lowest BCUT2D eigenvalue weighted by atomic mass is 10.1. The summed E-state index contributed by atoms with van der Waals surface area (Å²) in [7, 11) is 0. The number of aryl methyl sites for hydroxylation is 2. The lowest BCUT2D eigenvalue weighted by molar-refractivity contribution is 0.388. The molecule has 1 aromatic heterocycles. The van der Waals surface area contributed by atoms with Crippen molar-refractivity contribution >= 4 is 22.6 Å². The highest BCUT2D eigenvalue weighted by Gasteiger charge is 2.07. The number of H-pyrrole nitrogens is 1. The highest BCUT2D eigenvalue weighted by atomic mass is 127. The van der Waals surface area contributed by atoms with Crippen LogP contribution in [0.4, 0.5) is 0 Å². The lowest BCUT2D eigenvalue weighted by Crippen LogP contribution is -1.95. The Labute approximate surface area is 99.8 Å². The van der Waals surface area contributed by atoms with E-state index < -0.39 is 5.76 Å². The van der Waals surface area contributed by atoms with Gasteiger partial charge in [0.25, 0.3) is 0 Å². The van der Waals surface area contributed by atoms with E-state index in [9.17, 15) is 4.79 Å². The Bertz CT molecular complexity index is 534. The molecule has 2 rings (SSSR count). The maximum atomic E-state index is 10.8. The number of nitrogens with one attached hydrogen (secondary N) is 1. The number of hydrogen-bond acceptors (Lipinski definition) is 3. The minimum atomic E-state index is -0.529. The van der Waals surface area contributed by atoms with Gasteiger partial charge >= 0.3 is 5.76 Å². The van der Waals surface area contributed by atoms with E-state index >= 15 is 0 Å². The summed E-state index contributed by atoms with van der Waals surface area (Å²) in [5.74, 6) is -0.0542. The van der Waals surface area contributed by atoms with Crippen molar-refractivity contribution in [3.05, 3.63) is 37.4 Å². The average molecular weight is 316 g/mol. The van der Waals surface area contributed by atoms with Crippen LogP contribution in [0, 0.1) is 17.4 Å². The van der Waals surface area contributed by atoms with Gasteiger partial charge in [0.1, 0.15) is 0 Å².